The minimum Gasteiger partial charge on any atom is -0.331 e. The van der Waals surface area contributed by atoms with Crippen LogP contribution in [0.3, 0.4) is 0 Å². The third-order valence-corrected chi connectivity index (χ3v) is 5.97. The molecule has 5 heteroatoms. The van der Waals surface area contributed by atoms with E-state index in [1.165, 1.54) is 4.90 Å². The summed E-state index contributed by atoms with van der Waals surface area (Å²) >= 11 is 0. The van der Waals surface area contributed by atoms with Gasteiger partial charge in [-0.15, -0.1) is 0 Å². The second-order valence-corrected chi connectivity index (χ2v) is 7.19. The van der Waals surface area contributed by atoms with Crippen molar-refractivity contribution in [1.29, 1.82) is 0 Å². The van der Waals surface area contributed by atoms with Crippen LogP contribution in [-0.4, -0.2) is 34.7 Å². The lowest BCUT2D eigenvalue weighted by Gasteiger charge is -2.26. The van der Waals surface area contributed by atoms with Crippen molar-refractivity contribution in [2.75, 3.05) is 4.90 Å². The Labute approximate surface area is 151 Å². The van der Waals surface area contributed by atoms with E-state index in [9.17, 15) is 14.4 Å². The summed E-state index contributed by atoms with van der Waals surface area (Å²) in [5, 5.41) is 0. The lowest BCUT2D eigenvalue weighted by molar-refractivity contribution is -0.123. The van der Waals surface area contributed by atoms with Gasteiger partial charge in [0.25, 0.3) is 5.91 Å². The number of hydrogen-bond donors (Lipinski definition) is 0. The van der Waals surface area contributed by atoms with Crippen molar-refractivity contribution >= 4 is 23.4 Å². The lowest BCUT2D eigenvalue weighted by atomic mass is 9.81. The standard InChI is InChI=1S/C21H18N2O3/c24-19(13-7-3-1-4-8-13)23-15-11-12-16(23)18-17(15)20(25)22(21(18)26)14-9-5-2-6-10-14/h1-10,15-18H,11-12H2/t15-,16-,17-,18+/m1/s1. The monoisotopic (exact) mass is 346 g/mol. The summed E-state index contributed by atoms with van der Waals surface area (Å²) in [7, 11) is 0. The summed E-state index contributed by atoms with van der Waals surface area (Å²) < 4.78 is 0. The van der Waals surface area contributed by atoms with Crippen LogP contribution < -0.4 is 4.90 Å². The van der Waals surface area contributed by atoms with Crippen molar-refractivity contribution in [2.45, 2.75) is 24.9 Å². The molecule has 0 spiro atoms. The number of benzene rings is 2. The Morgan fingerprint density at radius 1 is 0.769 bits per heavy atom. The minimum absolute atomic E-state index is 0.0700. The maximum absolute atomic E-state index is 13.1. The SMILES string of the molecule is O=C1[C@@H]2[C@H](C(=O)N1c1ccccc1)[C@H]1CC[C@H]2N1C(=O)c1ccccc1. The highest BCUT2D eigenvalue weighted by Crippen LogP contribution is 2.51. The molecule has 26 heavy (non-hydrogen) atoms. The molecule has 130 valence electrons. The van der Waals surface area contributed by atoms with Crippen LogP contribution in [0.2, 0.25) is 0 Å². The van der Waals surface area contributed by atoms with Crippen molar-refractivity contribution < 1.29 is 14.4 Å². The number of nitrogens with zero attached hydrogens (tertiary/aromatic N) is 2. The fraction of sp³-hybridized carbons (Fsp3) is 0.286. The van der Waals surface area contributed by atoms with E-state index in [1.807, 2.05) is 41.3 Å². The number of fused-ring (bicyclic) bond motifs is 5. The molecular weight excluding hydrogens is 328 g/mol. The molecular formula is C21H18N2O3. The molecule has 5 rings (SSSR count). The van der Waals surface area contributed by atoms with Crippen LogP contribution in [0.25, 0.3) is 0 Å². The second kappa shape index (κ2) is 5.53. The zero-order valence-corrected chi connectivity index (χ0v) is 14.1. The van der Waals surface area contributed by atoms with Crippen LogP contribution in [0.1, 0.15) is 23.2 Å². The van der Waals surface area contributed by atoms with Crippen LogP contribution in [0.5, 0.6) is 0 Å². The minimum atomic E-state index is -0.408. The first-order chi connectivity index (χ1) is 12.7. The van der Waals surface area contributed by atoms with Crippen LogP contribution in [0.4, 0.5) is 5.69 Å². The van der Waals surface area contributed by atoms with E-state index in [0.29, 0.717) is 11.3 Å². The molecule has 3 aliphatic rings. The highest BCUT2D eigenvalue weighted by Gasteiger charge is 2.65. The third kappa shape index (κ3) is 1.94. The smallest absolute Gasteiger partial charge is 0.254 e. The summed E-state index contributed by atoms with van der Waals surface area (Å²) in [6.07, 6.45) is 1.57. The quantitative estimate of drug-likeness (QED) is 0.785. The van der Waals surface area contributed by atoms with E-state index in [1.54, 1.807) is 24.3 Å². The maximum Gasteiger partial charge on any atom is 0.254 e. The summed E-state index contributed by atoms with van der Waals surface area (Å²) in [5.74, 6) is -1.21. The van der Waals surface area contributed by atoms with Crippen molar-refractivity contribution in [3.63, 3.8) is 0 Å². The van der Waals surface area contributed by atoms with E-state index in [0.717, 1.165) is 12.8 Å². The third-order valence-electron chi connectivity index (χ3n) is 5.97. The summed E-state index contributed by atoms with van der Waals surface area (Å²) in [6.45, 7) is 0. The Hall–Kier alpha value is -2.95. The molecule has 0 N–H and O–H groups in total. The van der Waals surface area contributed by atoms with Crippen molar-refractivity contribution in [1.82, 2.24) is 4.90 Å². The number of para-hydroxylation sites is 1. The molecule has 0 aromatic heterocycles. The van der Waals surface area contributed by atoms with E-state index in [-0.39, 0.29) is 29.8 Å². The zero-order chi connectivity index (χ0) is 17.8. The van der Waals surface area contributed by atoms with Gasteiger partial charge >= 0.3 is 0 Å². The van der Waals surface area contributed by atoms with Gasteiger partial charge in [-0.3, -0.25) is 14.4 Å². The molecule has 2 bridgehead atoms. The van der Waals surface area contributed by atoms with Crippen molar-refractivity contribution in [3.05, 3.63) is 66.2 Å². The predicted octanol–water partition coefficient (Wildman–Crippen LogP) is 2.48. The molecule has 3 fully saturated rings. The number of hydrogen-bond acceptors (Lipinski definition) is 3. The van der Waals surface area contributed by atoms with Crippen LogP contribution >= 0.6 is 0 Å². The Morgan fingerprint density at radius 2 is 1.27 bits per heavy atom. The van der Waals surface area contributed by atoms with E-state index in [2.05, 4.69) is 0 Å². The maximum atomic E-state index is 13.1. The van der Waals surface area contributed by atoms with Gasteiger partial charge in [0.05, 0.1) is 17.5 Å². The lowest BCUT2D eigenvalue weighted by Crippen LogP contribution is -2.43. The molecule has 5 nitrogen and oxygen atoms in total. The highest BCUT2D eigenvalue weighted by atomic mass is 16.2. The first-order valence-corrected chi connectivity index (χ1v) is 8.99. The van der Waals surface area contributed by atoms with Crippen LogP contribution in [0.15, 0.2) is 60.7 Å². The average molecular weight is 346 g/mol. The number of carbonyl (C=O) groups is 3. The van der Waals surface area contributed by atoms with Gasteiger partial charge in [0, 0.05) is 17.6 Å². The molecule has 0 unspecified atom stereocenters. The molecule has 3 saturated heterocycles. The fourth-order valence-electron chi connectivity index (χ4n) is 4.96. The Morgan fingerprint density at radius 3 is 1.81 bits per heavy atom. The molecule has 2 aromatic rings. The van der Waals surface area contributed by atoms with Gasteiger partial charge in [-0.25, -0.2) is 4.90 Å². The molecule has 0 aliphatic carbocycles. The van der Waals surface area contributed by atoms with Crippen LogP contribution in [-0.2, 0) is 9.59 Å². The number of rotatable bonds is 2. The molecule has 0 radical (unpaired) electrons. The first kappa shape index (κ1) is 15.3. The summed E-state index contributed by atoms with van der Waals surface area (Å²) in [6, 6.07) is 17.8. The van der Waals surface area contributed by atoms with Gasteiger partial charge < -0.3 is 4.90 Å². The van der Waals surface area contributed by atoms with E-state index < -0.39 is 11.8 Å². The highest BCUT2D eigenvalue weighted by molar-refractivity contribution is 6.23. The van der Waals surface area contributed by atoms with E-state index >= 15 is 0 Å². The van der Waals surface area contributed by atoms with Gasteiger partial charge in [-0.2, -0.15) is 0 Å². The number of amides is 3. The normalized spacial score (nSPS) is 29.4. The molecule has 3 aliphatic heterocycles. The van der Waals surface area contributed by atoms with Gasteiger partial charge in [0.2, 0.25) is 11.8 Å². The van der Waals surface area contributed by atoms with Gasteiger partial charge in [-0.1, -0.05) is 36.4 Å². The fourth-order valence-corrected chi connectivity index (χ4v) is 4.96. The molecule has 2 aromatic carbocycles. The zero-order valence-electron chi connectivity index (χ0n) is 14.1. The van der Waals surface area contributed by atoms with Gasteiger partial charge in [0.15, 0.2) is 0 Å². The first-order valence-electron chi connectivity index (χ1n) is 8.99. The molecule has 4 atom stereocenters. The van der Waals surface area contributed by atoms with Crippen LogP contribution in [0, 0.1) is 11.8 Å². The average Bonchev–Trinajstić information content (AvgIpc) is 3.32. The number of anilines is 1. The molecule has 3 amide bonds. The second-order valence-electron chi connectivity index (χ2n) is 7.19. The van der Waals surface area contributed by atoms with E-state index in [4.69, 9.17) is 0 Å². The Kier molecular flexibility index (Phi) is 3.26. The predicted molar refractivity (Wildman–Crippen MR) is 95.3 cm³/mol. The largest absolute Gasteiger partial charge is 0.331 e. The van der Waals surface area contributed by atoms with Crippen molar-refractivity contribution in [2.24, 2.45) is 11.8 Å². The van der Waals surface area contributed by atoms with Crippen molar-refractivity contribution in [3.8, 4) is 0 Å². The number of imide groups is 1. The summed E-state index contributed by atoms with van der Waals surface area (Å²) in [5.41, 5.74) is 1.24. The Bertz CT molecular complexity index is 866. The topological polar surface area (TPSA) is 57.7 Å². The molecule has 3 heterocycles. The van der Waals surface area contributed by atoms with Gasteiger partial charge in [-0.05, 0) is 37.1 Å². The number of carbonyl (C=O) groups excluding carboxylic acids is 3. The van der Waals surface area contributed by atoms with Gasteiger partial charge in [0.1, 0.15) is 0 Å². The molecule has 0 saturated carbocycles. The Balaban J connectivity index is 1.49. The summed E-state index contributed by atoms with van der Waals surface area (Å²) in [4.78, 5) is 42.2.